The number of aromatic nitrogens is 4. The van der Waals surface area contributed by atoms with E-state index in [1.165, 1.54) is 6.20 Å². The Morgan fingerprint density at radius 3 is 2.75 bits per heavy atom. The smallest absolute Gasteiger partial charge is 0.313 e. The second-order valence-corrected chi connectivity index (χ2v) is 7.11. The van der Waals surface area contributed by atoms with Crippen LogP contribution in [0, 0.1) is 5.41 Å². The van der Waals surface area contributed by atoms with Crippen LogP contribution in [0.5, 0.6) is 0 Å². The summed E-state index contributed by atoms with van der Waals surface area (Å²) in [5.41, 5.74) is 0.448. The van der Waals surface area contributed by atoms with E-state index in [9.17, 15) is 9.59 Å². The summed E-state index contributed by atoms with van der Waals surface area (Å²) >= 11 is 0. The molecule has 2 heterocycles. The predicted octanol–water partition coefficient (Wildman–Crippen LogP) is 2.64. The number of hydrogen-bond donors (Lipinski definition) is 2. The number of fused-ring (bicyclic) bond motifs is 1. The van der Waals surface area contributed by atoms with Crippen molar-refractivity contribution in [3.05, 3.63) is 46.9 Å². The van der Waals surface area contributed by atoms with Gasteiger partial charge in [-0.15, -0.1) is 0 Å². The van der Waals surface area contributed by atoms with E-state index in [1.807, 2.05) is 37.3 Å². The van der Waals surface area contributed by atoms with Gasteiger partial charge in [-0.2, -0.15) is 10.1 Å². The molecule has 0 saturated heterocycles. The maximum Gasteiger partial charge on any atom is 0.313 e. The van der Waals surface area contributed by atoms with Crippen molar-refractivity contribution >= 4 is 23.0 Å². The number of H-pyrrole nitrogens is 1. The molecule has 1 fully saturated rings. The van der Waals surface area contributed by atoms with Gasteiger partial charge in [-0.3, -0.25) is 14.6 Å². The normalized spacial score (nSPS) is 15.6. The van der Waals surface area contributed by atoms with Crippen LogP contribution in [0.2, 0.25) is 0 Å². The number of ether oxygens (including phenoxy) is 1. The molecule has 8 nitrogen and oxygen atoms in total. The number of carbonyl (C=O) groups excluding carboxylic acids is 1. The Hall–Kier alpha value is -3.16. The number of esters is 1. The van der Waals surface area contributed by atoms with Gasteiger partial charge in [-0.1, -0.05) is 31.0 Å². The van der Waals surface area contributed by atoms with Gasteiger partial charge < -0.3 is 10.1 Å². The molecule has 0 radical (unpaired) electrons. The quantitative estimate of drug-likeness (QED) is 0.637. The van der Waals surface area contributed by atoms with Gasteiger partial charge in [0.1, 0.15) is 5.39 Å². The summed E-state index contributed by atoms with van der Waals surface area (Å²) < 4.78 is 6.92. The fraction of sp³-hybridized carbons (Fsp3) is 0.400. The van der Waals surface area contributed by atoms with Crippen LogP contribution in [0.15, 0.2) is 41.3 Å². The number of nitrogens with zero attached hydrogens (tertiary/aromatic N) is 3. The zero-order valence-corrected chi connectivity index (χ0v) is 15.8. The van der Waals surface area contributed by atoms with Crippen LogP contribution in [-0.4, -0.2) is 38.9 Å². The topological polar surface area (TPSA) is 102 Å². The van der Waals surface area contributed by atoms with Crippen LogP contribution < -0.4 is 10.9 Å². The van der Waals surface area contributed by atoms with Gasteiger partial charge in [0.05, 0.1) is 23.9 Å². The molecule has 0 aliphatic heterocycles. The van der Waals surface area contributed by atoms with Gasteiger partial charge in [0.15, 0.2) is 5.65 Å². The van der Waals surface area contributed by atoms with Gasteiger partial charge in [-0.05, 0) is 31.9 Å². The third-order valence-electron chi connectivity index (χ3n) is 5.30. The first kappa shape index (κ1) is 18.2. The summed E-state index contributed by atoms with van der Waals surface area (Å²) in [5, 5.41) is 7.88. The molecule has 2 N–H and O–H groups in total. The minimum Gasteiger partial charge on any atom is -0.466 e. The molecular formula is C20H23N5O3. The van der Waals surface area contributed by atoms with E-state index >= 15 is 0 Å². The summed E-state index contributed by atoms with van der Waals surface area (Å²) in [6, 6.07) is 9.52. The Morgan fingerprint density at radius 1 is 1.29 bits per heavy atom. The Labute approximate surface area is 161 Å². The first-order valence-electron chi connectivity index (χ1n) is 9.57. The summed E-state index contributed by atoms with van der Waals surface area (Å²) in [6.07, 6.45) is 5.03. The van der Waals surface area contributed by atoms with E-state index in [0.717, 1.165) is 31.4 Å². The Balaban J connectivity index is 1.64. The van der Waals surface area contributed by atoms with E-state index in [-0.39, 0.29) is 11.5 Å². The lowest BCUT2D eigenvalue weighted by molar-refractivity contribution is -0.154. The van der Waals surface area contributed by atoms with Crippen molar-refractivity contribution in [2.45, 2.75) is 32.6 Å². The molecule has 28 heavy (non-hydrogen) atoms. The molecule has 1 aliphatic rings. The summed E-state index contributed by atoms with van der Waals surface area (Å²) in [5.74, 6) is 0.142. The highest BCUT2D eigenvalue weighted by Gasteiger charge is 2.42. The van der Waals surface area contributed by atoms with Crippen molar-refractivity contribution in [2.75, 3.05) is 18.5 Å². The molecule has 1 saturated carbocycles. The monoisotopic (exact) mass is 381 g/mol. The Morgan fingerprint density at radius 2 is 2.04 bits per heavy atom. The number of aromatic amines is 1. The molecular weight excluding hydrogens is 358 g/mol. The van der Waals surface area contributed by atoms with E-state index in [2.05, 4.69) is 20.4 Å². The fourth-order valence-corrected chi connectivity index (χ4v) is 3.80. The molecule has 0 amide bonds. The van der Waals surface area contributed by atoms with E-state index in [0.29, 0.717) is 30.1 Å². The zero-order chi connectivity index (χ0) is 19.6. The number of para-hydroxylation sites is 1. The lowest BCUT2D eigenvalue weighted by atomic mass is 9.86. The molecule has 4 rings (SSSR count). The molecule has 0 unspecified atom stereocenters. The molecule has 0 spiro atoms. The minimum absolute atomic E-state index is 0.183. The van der Waals surface area contributed by atoms with E-state index in [1.54, 1.807) is 4.68 Å². The van der Waals surface area contributed by atoms with Crippen LogP contribution in [0.4, 0.5) is 5.95 Å². The highest BCUT2D eigenvalue weighted by Crippen LogP contribution is 2.39. The molecule has 0 bridgehead atoms. The Bertz CT molecular complexity index is 1030. The van der Waals surface area contributed by atoms with Crippen molar-refractivity contribution in [1.29, 1.82) is 0 Å². The van der Waals surface area contributed by atoms with Crippen LogP contribution in [0.25, 0.3) is 16.7 Å². The average molecular weight is 381 g/mol. The highest BCUT2D eigenvalue weighted by molar-refractivity contribution is 5.78. The largest absolute Gasteiger partial charge is 0.466 e. The van der Waals surface area contributed by atoms with Crippen LogP contribution in [0.3, 0.4) is 0 Å². The number of carbonyl (C=O) groups is 1. The fourth-order valence-electron chi connectivity index (χ4n) is 3.80. The van der Waals surface area contributed by atoms with E-state index in [4.69, 9.17) is 4.74 Å². The molecule has 8 heteroatoms. The van der Waals surface area contributed by atoms with Crippen LogP contribution in [-0.2, 0) is 9.53 Å². The number of rotatable bonds is 6. The van der Waals surface area contributed by atoms with Crippen molar-refractivity contribution in [1.82, 2.24) is 19.7 Å². The number of hydrogen-bond acceptors (Lipinski definition) is 6. The van der Waals surface area contributed by atoms with E-state index < -0.39 is 5.41 Å². The van der Waals surface area contributed by atoms with Gasteiger partial charge in [0.2, 0.25) is 5.95 Å². The van der Waals surface area contributed by atoms with Crippen molar-refractivity contribution in [3.63, 3.8) is 0 Å². The van der Waals surface area contributed by atoms with Crippen molar-refractivity contribution in [2.24, 2.45) is 5.41 Å². The first-order chi connectivity index (χ1) is 13.6. The Kier molecular flexibility index (Phi) is 4.85. The van der Waals surface area contributed by atoms with Crippen molar-refractivity contribution in [3.8, 4) is 5.69 Å². The summed E-state index contributed by atoms with van der Waals surface area (Å²) in [6.45, 7) is 2.54. The third-order valence-corrected chi connectivity index (χ3v) is 5.30. The lowest BCUT2D eigenvalue weighted by Crippen LogP contribution is -2.37. The number of benzene rings is 1. The second kappa shape index (κ2) is 7.46. The molecule has 0 atom stereocenters. The average Bonchev–Trinajstić information content (AvgIpc) is 3.35. The number of nitrogens with one attached hydrogen (secondary N) is 2. The van der Waals surface area contributed by atoms with Crippen LogP contribution >= 0.6 is 0 Å². The minimum atomic E-state index is -0.566. The SMILES string of the molecule is CCOC(=O)C1(CNc2nc3c(cnn3-c3ccccc3)c(=O)[nH]2)CCCC1. The van der Waals surface area contributed by atoms with Gasteiger partial charge in [0.25, 0.3) is 5.56 Å². The molecule has 1 aromatic carbocycles. The summed E-state index contributed by atoms with van der Waals surface area (Å²) in [7, 11) is 0. The third kappa shape index (κ3) is 3.26. The first-order valence-corrected chi connectivity index (χ1v) is 9.57. The van der Waals surface area contributed by atoms with Gasteiger partial charge in [-0.25, -0.2) is 4.68 Å². The second-order valence-electron chi connectivity index (χ2n) is 7.11. The predicted molar refractivity (Wildman–Crippen MR) is 106 cm³/mol. The molecule has 146 valence electrons. The standard InChI is InChI=1S/C20H23N5O3/c1-2-28-18(27)20(10-6-7-11-20)13-21-19-23-16-15(17(26)24-19)12-22-25(16)14-8-4-3-5-9-14/h3-5,8-9,12H,2,6-7,10-11,13H2,1H3,(H2,21,23,24,26). The van der Waals surface area contributed by atoms with Gasteiger partial charge in [0, 0.05) is 6.54 Å². The zero-order valence-electron chi connectivity index (χ0n) is 15.8. The lowest BCUT2D eigenvalue weighted by Gasteiger charge is -2.26. The van der Waals surface area contributed by atoms with Crippen LogP contribution in [0.1, 0.15) is 32.6 Å². The molecule has 2 aromatic heterocycles. The summed E-state index contributed by atoms with van der Waals surface area (Å²) in [4.78, 5) is 32.3. The number of anilines is 1. The maximum atomic E-state index is 12.5. The highest BCUT2D eigenvalue weighted by atomic mass is 16.5. The molecule has 1 aliphatic carbocycles. The van der Waals surface area contributed by atoms with Crippen molar-refractivity contribution < 1.29 is 9.53 Å². The molecule has 3 aromatic rings. The van der Waals surface area contributed by atoms with Gasteiger partial charge >= 0.3 is 5.97 Å². The maximum absolute atomic E-state index is 12.5.